The standard InChI is InChI=1S/C20H25N3O2/c1-16-5-4-7-18(22-16)13-24-19-8-10-25-20(11-19)14-23(15-20)12-17-6-2-3-9-21-17/h2-7,9,19H,8,10-15H2,1H3/t19-/m1/s1. The second-order valence-electron chi connectivity index (χ2n) is 7.19. The molecule has 1 atom stereocenters. The molecule has 0 aromatic carbocycles. The zero-order valence-corrected chi connectivity index (χ0v) is 14.7. The smallest absolute Gasteiger partial charge is 0.0959 e. The van der Waals surface area contributed by atoms with Gasteiger partial charge in [0.25, 0.3) is 0 Å². The lowest BCUT2D eigenvalue weighted by atomic mass is 9.84. The third-order valence-corrected chi connectivity index (χ3v) is 5.00. The van der Waals surface area contributed by atoms with E-state index in [4.69, 9.17) is 9.47 Å². The van der Waals surface area contributed by atoms with Gasteiger partial charge in [-0.25, -0.2) is 0 Å². The van der Waals surface area contributed by atoms with Gasteiger partial charge in [0.1, 0.15) is 0 Å². The molecule has 4 rings (SSSR count). The van der Waals surface area contributed by atoms with Crippen LogP contribution in [0, 0.1) is 6.92 Å². The molecule has 0 bridgehead atoms. The maximum atomic E-state index is 6.14. The quantitative estimate of drug-likeness (QED) is 0.838. The molecule has 132 valence electrons. The lowest BCUT2D eigenvalue weighted by Gasteiger charge is -2.53. The Morgan fingerprint density at radius 1 is 1.20 bits per heavy atom. The first kappa shape index (κ1) is 16.6. The molecule has 5 heteroatoms. The maximum Gasteiger partial charge on any atom is 0.0959 e. The zero-order chi connectivity index (χ0) is 17.1. The Hall–Kier alpha value is -1.82. The molecule has 2 aliphatic rings. The summed E-state index contributed by atoms with van der Waals surface area (Å²) in [5.41, 5.74) is 3.13. The molecule has 4 heterocycles. The Bertz CT molecular complexity index is 701. The average molecular weight is 339 g/mol. The van der Waals surface area contributed by atoms with Crippen molar-refractivity contribution in [2.75, 3.05) is 19.7 Å². The summed E-state index contributed by atoms with van der Waals surface area (Å²) >= 11 is 0. The van der Waals surface area contributed by atoms with E-state index < -0.39 is 0 Å². The van der Waals surface area contributed by atoms with E-state index in [0.717, 1.165) is 56.2 Å². The fraction of sp³-hybridized carbons (Fsp3) is 0.500. The van der Waals surface area contributed by atoms with Crippen LogP contribution in [0.25, 0.3) is 0 Å². The Kier molecular flexibility index (Phi) is 4.79. The molecule has 0 aliphatic carbocycles. The van der Waals surface area contributed by atoms with Gasteiger partial charge in [0, 0.05) is 44.6 Å². The van der Waals surface area contributed by atoms with E-state index in [1.165, 1.54) is 0 Å². The predicted octanol–water partition coefficient (Wildman–Crippen LogP) is 2.74. The number of likely N-dealkylation sites (tertiary alicyclic amines) is 1. The fourth-order valence-electron chi connectivity index (χ4n) is 3.83. The summed E-state index contributed by atoms with van der Waals surface area (Å²) in [7, 11) is 0. The molecule has 2 aromatic rings. The highest BCUT2D eigenvalue weighted by Crippen LogP contribution is 2.36. The van der Waals surface area contributed by atoms with Gasteiger partial charge in [-0.1, -0.05) is 12.1 Å². The summed E-state index contributed by atoms with van der Waals surface area (Å²) in [6, 6.07) is 12.1. The summed E-state index contributed by atoms with van der Waals surface area (Å²) in [5, 5.41) is 0. The molecule has 2 aromatic heterocycles. The number of ether oxygens (including phenoxy) is 2. The molecule has 5 nitrogen and oxygen atoms in total. The van der Waals surface area contributed by atoms with Crippen LogP contribution in [0.1, 0.15) is 29.9 Å². The van der Waals surface area contributed by atoms with Crippen LogP contribution in [0.3, 0.4) is 0 Å². The average Bonchev–Trinajstić information content (AvgIpc) is 2.60. The van der Waals surface area contributed by atoms with Crippen LogP contribution < -0.4 is 0 Å². The van der Waals surface area contributed by atoms with Gasteiger partial charge in [-0.15, -0.1) is 0 Å². The molecule has 25 heavy (non-hydrogen) atoms. The van der Waals surface area contributed by atoms with Crippen molar-refractivity contribution >= 4 is 0 Å². The highest BCUT2D eigenvalue weighted by Gasteiger charge is 2.47. The highest BCUT2D eigenvalue weighted by atomic mass is 16.5. The van der Waals surface area contributed by atoms with E-state index in [0.29, 0.717) is 6.61 Å². The first-order chi connectivity index (χ1) is 12.2. The van der Waals surface area contributed by atoms with Gasteiger partial charge < -0.3 is 9.47 Å². The summed E-state index contributed by atoms with van der Waals surface area (Å²) in [5.74, 6) is 0. The van der Waals surface area contributed by atoms with Crippen LogP contribution in [-0.2, 0) is 22.6 Å². The summed E-state index contributed by atoms with van der Waals surface area (Å²) in [6.45, 7) is 6.20. The van der Waals surface area contributed by atoms with Crippen molar-refractivity contribution < 1.29 is 9.47 Å². The van der Waals surface area contributed by atoms with E-state index in [1.807, 2.05) is 43.5 Å². The number of rotatable bonds is 5. The predicted molar refractivity (Wildman–Crippen MR) is 95.0 cm³/mol. The van der Waals surface area contributed by atoms with E-state index in [-0.39, 0.29) is 11.7 Å². The van der Waals surface area contributed by atoms with Crippen LogP contribution in [0.4, 0.5) is 0 Å². The largest absolute Gasteiger partial charge is 0.372 e. The Labute approximate surface area is 149 Å². The molecule has 0 radical (unpaired) electrons. The second kappa shape index (κ2) is 7.20. The lowest BCUT2D eigenvalue weighted by molar-refractivity contribution is -0.200. The van der Waals surface area contributed by atoms with Crippen molar-refractivity contribution in [3.05, 3.63) is 59.7 Å². The molecule has 2 saturated heterocycles. The first-order valence-corrected chi connectivity index (χ1v) is 9.01. The summed E-state index contributed by atoms with van der Waals surface area (Å²) in [4.78, 5) is 11.3. The minimum absolute atomic E-state index is 0.0300. The van der Waals surface area contributed by atoms with E-state index in [9.17, 15) is 0 Å². The molecule has 0 unspecified atom stereocenters. The molecule has 0 saturated carbocycles. The van der Waals surface area contributed by atoms with Crippen molar-refractivity contribution in [1.82, 2.24) is 14.9 Å². The van der Waals surface area contributed by atoms with Crippen molar-refractivity contribution in [3.63, 3.8) is 0 Å². The minimum atomic E-state index is -0.0300. The van der Waals surface area contributed by atoms with E-state index in [2.05, 4.69) is 20.9 Å². The zero-order valence-electron chi connectivity index (χ0n) is 14.7. The van der Waals surface area contributed by atoms with Crippen molar-refractivity contribution in [1.29, 1.82) is 0 Å². The fourth-order valence-corrected chi connectivity index (χ4v) is 3.83. The number of hydrogen-bond acceptors (Lipinski definition) is 5. The van der Waals surface area contributed by atoms with Gasteiger partial charge in [0.2, 0.25) is 0 Å². The van der Waals surface area contributed by atoms with Crippen molar-refractivity contribution in [2.24, 2.45) is 0 Å². The SMILES string of the molecule is Cc1cccc(CO[C@@H]2CCOC3(C2)CN(Cc2ccccn2)C3)n1. The third kappa shape index (κ3) is 4.06. The highest BCUT2D eigenvalue weighted by molar-refractivity contribution is 5.10. The second-order valence-corrected chi connectivity index (χ2v) is 7.19. The molecule has 1 spiro atoms. The Morgan fingerprint density at radius 2 is 2.08 bits per heavy atom. The number of hydrogen-bond donors (Lipinski definition) is 0. The van der Waals surface area contributed by atoms with Gasteiger partial charge in [-0.05, 0) is 37.6 Å². The lowest BCUT2D eigenvalue weighted by Crippen LogP contribution is -2.65. The van der Waals surface area contributed by atoms with Gasteiger partial charge >= 0.3 is 0 Å². The monoisotopic (exact) mass is 339 g/mol. The van der Waals surface area contributed by atoms with Gasteiger partial charge in [0.15, 0.2) is 0 Å². The normalized spacial score (nSPS) is 22.7. The molecule has 2 fully saturated rings. The Morgan fingerprint density at radius 3 is 2.88 bits per heavy atom. The van der Waals surface area contributed by atoms with Crippen LogP contribution in [0.15, 0.2) is 42.6 Å². The van der Waals surface area contributed by atoms with E-state index in [1.54, 1.807) is 0 Å². The minimum Gasteiger partial charge on any atom is -0.372 e. The van der Waals surface area contributed by atoms with Crippen LogP contribution in [0.2, 0.25) is 0 Å². The molecular formula is C20H25N3O2. The number of pyridine rings is 2. The molecule has 2 aliphatic heterocycles. The van der Waals surface area contributed by atoms with Crippen molar-refractivity contribution in [3.8, 4) is 0 Å². The van der Waals surface area contributed by atoms with Crippen LogP contribution in [0.5, 0.6) is 0 Å². The molecule has 0 N–H and O–H groups in total. The molecular weight excluding hydrogens is 314 g/mol. The van der Waals surface area contributed by atoms with Crippen molar-refractivity contribution in [2.45, 2.75) is 44.6 Å². The maximum absolute atomic E-state index is 6.14. The Balaban J connectivity index is 1.27. The first-order valence-electron chi connectivity index (χ1n) is 9.01. The van der Waals surface area contributed by atoms with Gasteiger partial charge in [-0.3, -0.25) is 14.9 Å². The number of aryl methyl sites for hydroxylation is 1. The molecule has 0 amide bonds. The topological polar surface area (TPSA) is 47.5 Å². The van der Waals surface area contributed by atoms with Gasteiger partial charge in [-0.2, -0.15) is 0 Å². The van der Waals surface area contributed by atoms with Crippen LogP contribution >= 0.6 is 0 Å². The number of nitrogens with zero attached hydrogens (tertiary/aromatic N) is 3. The summed E-state index contributed by atoms with van der Waals surface area (Å²) < 4.78 is 12.2. The van der Waals surface area contributed by atoms with Crippen LogP contribution in [-0.4, -0.2) is 46.3 Å². The van der Waals surface area contributed by atoms with E-state index >= 15 is 0 Å². The third-order valence-electron chi connectivity index (χ3n) is 5.00. The van der Waals surface area contributed by atoms with Gasteiger partial charge in [0.05, 0.1) is 29.7 Å². The summed E-state index contributed by atoms with van der Waals surface area (Å²) in [6.07, 6.45) is 4.05. The number of aromatic nitrogens is 2.